The second kappa shape index (κ2) is 5.14. The quantitative estimate of drug-likeness (QED) is 0.597. The molecule has 5 nitrogen and oxygen atoms in total. The summed E-state index contributed by atoms with van der Waals surface area (Å²) >= 11 is 0. The maximum Gasteiger partial charge on any atom is 0.138 e. The minimum atomic E-state index is 0.291. The van der Waals surface area contributed by atoms with Gasteiger partial charge in [0.05, 0.1) is 0 Å². The van der Waals surface area contributed by atoms with Gasteiger partial charge < -0.3 is 0 Å². The van der Waals surface area contributed by atoms with Gasteiger partial charge in [-0.2, -0.15) is 5.10 Å². The second-order valence-electron chi connectivity index (χ2n) is 5.28. The van der Waals surface area contributed by atoms with Crippen molar-refractivity contribution in [2.75, 3.05) is 0 Å². The number of hydrazine groups is 1. The zero-order chi connectivity index (χ0) is 12.3. The smallest absolute Gasteiger partial charge is 0.138 e. The van der Waals surface area contributed by atoms with Gasteiger partial charge in [-0.25, -0.2) is 4.98 Å². The maximum atomic E-state index is 5.74. The van der Waals surface area contributed by atoms with Crippen molar-refractivity contribution in [1.82, 2.24) is 20.2 Å². The molecule has 0 radical (unpaired) electrons. The minimum absolute atomic E-state index is 0.291. The molecule has 0 bridgehead atoms. The molecule has 2 rings (SSSR count). The highest BCUT2D eigenvalue weighted by molar-refractivity contribution is 4.98. The van der Waals surface area contributed by atoms with Crippen LogP contribution in [0.25, 0.3) is 0 Å². The molecule has 1 unspecified atom stereocenters. The van der Waals surface area contributed by atoms with Crippen LogP contribution in [-0.4, -0.2) is 20.8 Å². The van der Waals surface area contributed by atoms with Crippen molar-refractivity contribution in [3.8, 4) is 0 Å². The molecular formula is C12H23N5. The van der Waals surface area contributed by atoms with Gasteiger partial charge in [0.25, 0.3) is 0 Å². The summed E-state index contributed by atoms with van der Waals surface area (Å²) in [6.07, 6.45) is 7.62. The van der Waals surface area contributed by atoms with E-state index in [0.29, 0.717) is 11.5 Å². The number of hydrogen-bond acceptors (Lipinski definition) is 4. The first-order chi connectivity index (χ1) is 8.19. The molecule has 1 atom stereocenters. The second-order valence-corrected chi connectivity index (χ2v) is 5.28. The van der Waals surface area contributed by atoms with Crippen LogP contribution in [0, 0.1) is 5.41 Å². The molecule has 1 aliphatic rings. The number of nitrogens with one attached hydrogen (secondary N) is 1. The summed E-state index contributed by atoms with van der Waals surface area (Å²) in [5, 5.41) is 4.21. The topological polar surface area (TPSA) is 68.8 Å². The highest BCUT2D eigenvalue weighted by Crippen LogP contribution is 2.41. The number of rotatable bonds is 5. The molecule has 0 amide bonds. The molecular weight excluding hydrogens is 214 g/mol. The van der Waals surface area contributed by atoms with Gasteiger partial charge in [-0.05, 0) is 25.2 Å². The van der Waals surface area contributed by atoms with Crippen molar-refractivity contribution >= 4 is 0 Å². The first kappa shape index (κ1) is 12.5. The van der Waals surface area contributed by atoms with Gasteiger partial charge in [-0.1, -0.05) is 19.8 Å². The lowest BCUT2D eigenvalue weighted by atomic mass is 9.79. The predicted molar refractivity (Wildman–Crippen MR) is 67.1 cm³/mol. The SMILES string of the molecule is CCn1ncnc1CC(NN)C1(C)CCCC1. The van der Waals surface area contributed by atoms with Gasteiger partial charge >= 0.3 is 0 Å². The largest absolute Gasteiger partial charge is 0.271 e. The molecule has 1 aromatic rings. The normalized spacial score (nSPS) is 20.6. The first-order valence-electron chi connectivity index (χ1n) is 6.52. The third-order valence-corrected chi connectivity index (χ3v) is 4.17. The van der Waals surface area contributed by atoms with E-state index in [-0.39, 0.29) is 0 Å². The first-order valence-corrected chi connectivity index (χ1v) is 6.52. The molecule has 1 aliphatic carbocycles. The van der Waals surface area contributed by atoms with E-state index in [9.17, 15) is 0 Å². The Morgan fingerprint density at radius 3 is 2.82 bits per heavy atom. The molecule has 3 N–H and O–H groups in total. The summed E-state index contributed by atoms with van der Waals surface area (Å²) in [5.41, 5.74) is 3.30. The highest BCUT2D eigenvalue weighted by Gasteiger charge is 2.37. The van der Waals surface area contributed by atoms with Crippen LogP contribution in [0.4, 0.5) is 0 Å². The fourth-order valence-corrected chi connectivity index (χ4v) is 2.93. The van der Waals surface area contributed by atoms with E-state index in [1.807, 2.05) is 4.68 Å². The summed E-state index contributed by atoms with van der Waals surface area (Å²) in [4.78, 5) is 4.33. The van der Waals surface area contributed by atoms with Gasteiger partial charge in [0.1, 0.15) is 12.2 Å². The number of hydrogen-bond donors (Lipinski definition) is 2. The number of nitrogens with two attached hydrogens (primary N) is 1. The van der Waals surface area contributed by atoms with Gasteiger partial charge in [-0.3, -0.25) is 16.0 Å². The van der Waals surface area contributed by atoms with Gasteiger partial charge in [-0.15, -0.1) is 0 Å². The van der Waals surface area contributed by atoms with E-state index in [1.54, 1.807) is 6.33 Å². The molecule has 0 spiro atoms. The maximum absolute atomic E-state index is 5.74. The molecule has 1 aromatic heterocycles. The van der Waals surface area contributed by atoms with Gasteiger partial charge in [0.2, 0.25) is 0 Å². The van der Waals surface area contributed by atoms with Crippen LogP contribution in [0.5, 0.6) is 0 Å². The fraction of sp³-hybridized carbons (Fsp3) is 0.833. The lowest BCUT2D eigenvalue weighted by Crippen LogP contribution is -2.47. The van der Waals surface area contributed by atoms with Crippen LogP contribution >= 0.6 is 0 Å². The Bertz CT molecular complexity index is 354. The van der Waals surface area contributed by atoms with E-state index in [0.717, 1.165) is 18.8 Å². The average Bonchev–Trinajstić information content (AvgIpc) is 2.95. The molecule has 17 heavy (non-hydrogen) atoms. The van der Waals surface area contributed by atoms with E-state index >= 15 is 0 Å². The van der Waals surface area contributed by atoms with Crippen LogP contribution in [-0.2, 0) is 13.0 Å². The summed E-state index contributed by atoms with van der Waals surface area (Å²) < 4.78 is 1.95. The van der Waals surface area contributed by atoms with Gasteiger partial charge in [0.15, 0.2) is 0 Å². The van der Waals surface area contributed by atoms with Crippen molar-refractivity contribution in [3.63, 3.8) is 0 Å². The standard InChI is InChI=1S/C12H23N5/c1-3-17-11(14-9-15-17)8-10(16-13)12(2)6-4-5-7-12/h9-10,16H,3-8,13H2,1-2H3. The summed E-state index contributed by atoms with van der Waals surface area (Å²) in [7, 11) is 0. The van der Waals surface area contributed by atoms with Gasteiger partial charge in [0, 0.05) is 19.0 Å². The van der Waals surface area contributed by atoms with E-state index in [2.05, 4.69) is 29.4 Å². The molecule has 5 heteroatoms. The van der Waals surface area contributed by atoms with Crippen LogP contribution in [0.1, 0.15) is 45.4 Å². The van der Waals surface area contributed by atoms with Crippen molar-refractivity contribution in [3.05, 3.63) is 12.2 Å². The van der Waals surface area contributed by atoms with Crippen molar-refractivity contribution in [2.24, 2.45) is 11.3 Å². The van der Waals surface area contributed by atoms with E-state index in [1.165, 1.54) is 25.7 Å². The predicted octanol–water partition coefficient (Wildman–Crippen LogP) is 1.25. The molecule has 0 aromatic carbocycles. The Balaban J connectivity index is 2.09. The Hall–Kier alpha value is -0.940. The summed E-state index contributed by atoms with van der Waals surface area (Å²) in [6.45, 7) is 5.28. The zero-order valence-corrected chi connectivity index (χ0v) is 10.8. The highest BCUT2D eigenvalue weighted by atomic mass is 15.3. The molecule has 0 aliphatic heterocycles. The van der Waals surface area contributed by atoms with Crippen LogP contribution in [0.3, 0.4) is 0 Å². The van der Waals surface area contributed by atoms with Crippen molar-refractivity contribution < 1.29 is 0 Å². The number of aryl methyl sites for hydroxylation is 1. The summed E-state index contributed by atoms with van der Waals surface area (Å²) in [5.74, 6) is 6.77. The van der Waals surface area contributed by atoms with E-state index < -0.39 is 0 Å². The minimum Gasteiger partial charge on any atom is -0.271 e. The molecule has 0 saturated heterocycles. The van der Waals surface area contributed by atoms with E-state index in [4.69, 9.17) is 5.84 Å². The Morgan fingerprint density at radius 1 is 1.53 bits per heavy atom. The molecule has 96 valence electrons. The number of nitrogens with zero attached hydrogens (tertiary/aromatic N) is 3. The van der Waals surface area contributed by atoms with Crippen LogP contribution in [0.2, 0.25) is 0 Å². The Kier molecular flexibility index (Phi) is 3.79. The third kappa shape index (κ3) is 2.50. The van der Waals surface area contributed by atoms with Crippen LogP contribution < -0.4 is 11.3 Å². The van der Waals surface area contributed by atoms with Crippen molar-refractivity contribution in [2.45, 2.75) is 58.5 Å². The molecule has 1 fully saturated rings. The Morgan fingerprint density at radius 2 is 2.24 bits per heavy atom. The molecule has 1 heterocycles. The lowest BCUT2D eigenvalue weighted by Gasteiger charge is -2.33. The monoisotopic (exact) mass is 237 g/mol. The lowest BCUT2D eigenvalue weighted by molar-refractivity contribution is 0.216. The van der Waals surface area contributed by atoms with Crippen LogP contribution in [0.15, 0.2) is 6.33 Å². The fourth-order valence-electron chi connectivity index (χ4n) is 2.93. The Labute approximate surface area is 103 Å². The zero-order valence-electron chi connectivity index (χ0n) is 10.8. The third-order valence-electron chi connectivity index (χ3n) is 4.17. The number of aromatic nitrogens is 3. The molecule has 1 saturated carbocycles. The average molecular weight is 237 g/mol. The summed E-state index contributed by atoms with van der Waals surface area (Å²) in [6, 6.07) is 0.291. The van der Waals surface area contributed by atoms with Crippen molar-refractivity contribution in [1.29, 1.82) is 0 Å².